The Kier molecular flexibility index (Phi) is 6.35. The maximum absolute atomic E-state index is 12.4. The topological polar surface area (TPSA) is 58.6 Å². The smallest absolute Gasteiger partial charge is 0.411 e. The van der Waals surface area contributed by atoms with E-state index in [4.69, 9.17) is 16.3 Å². The number of ether oxygens (including phenoxy) is 1. The second kappa shape index (κ2) is 8.91. The number of benzene rings is 2. The number of rotatable bonds is 5. The lowest BCUT2D eigenvalue weighted by molar-refractivity contribution is -0.130. The van der Waals surface area contributed by atoms with Gasteiger partial charge in [-0.2, -0.15) is 0 Å². The minimum Gasteiger partial charge on any atom is -0.444 e. The van der Waals surface area contributed by atoms with E-state index in [0.29, 0.717) is 23.2 Å². The minimum absolute atomic E-state index is 0.156. The Morgan fingerprint density at radius 1 is 1.11 bits per heavy atom. The molecular weight excluding hydrogens is 364 g/mol. The Bertz CT molecular complexity index is 790. The van der Waals surface area contributed by atoms with Gasteiger partial charge >= 0.3 is 6.09 Å². The van der Waals surface area contributed by atoms with Gasteiger partial charge in [-0.15, -0.1) is 0 Å². The van der Waals surface area contributed by atoms with Crippen molar-refractivity contribution >= 4 is 29.3 Å². The molecule has 1 aliphatic rings. The van der Waals surface area contributed by atoms with Gasteiger partial charge in [0.05, 0.1) is 6.42 Å². The summed E-state index contributed by atoms with van der Waals surface area (Å²) in [5.74, 6) is 0.156. The highest BCUT2D eigenvalue weighted by Crippen LogP contribution is 2.19. The van der Waals surface area contributed by atoms with Crippen LogP contribution in [0.1, 0.15) is 30.9 Å². The number of carbonyl (C=O) groups is 2. The Hall–Kier alpha value is -2.53. The van der Waals surface area contributed by atoms with Crippen LogP contribution in [0, 0.1) is 0 Å². The van der Waals surface area contributed by atoms with E-state index >= 15 is 0 Å². The van der Waals surface area contributed by atoms with Gasteiger partial charge in [0.15, 0.2) is 0 Å². The van der Waals surface area contributed by atoms with Crippen LogP contribution in [0.25, 0.3) is 0 Å². The Morgan fingerprint density at radius 3 is 2.41 bits per heavy atom. The fourth-order valence-electron chi connectivity index (χ4n) is 3.17. The van der Waals surface area contributed by atoms with Crippen LogP contribution in [-0.4, -0.2) is 29.5 Å². The average Bonchev–Trinajstić information content (AvgIpc) is 3.09. The zero-order valence-electron chi connectivity index (χ0n) is 15.3. The maximum Gasteiger partial charge on any atom is 0.411 e. The van der Waals surface area contributed by atoms with Crippen molar-refractivity contribution in [3.63, 3.8) is 0 Å². The van der Waals surface area contributed by atoms with Crippen LogP contribution in [0.2, 0.25) is 5.02 Å². The summed E-state index contributed by atoms with van der Waals surface area (Å²) in [5.41, 5.74) is 2.42. The zero-order valence-corrected chi connectivity index (χ0v) is 16.0. The molecule has 3 rings (SSSR count). The van der Waals surface area contributed by atoms with Crippen LogP contribution in [0.15, 0.2) is 48.5 Å². The fourth-order valence-corrected chi connectivity index (χ4v) is 3.30. The van der Waals surface area contributed by atoms with Crippen molar-refractivity contribution in [1.29, 1.82) is 0 Å². The zero-order chi connectivity index (χ0) is 19.2. The summed E-state index contributed by atoms with van der Waals surface area (Å²) in [7, 11) is 0. The molecule has 0 radical (unpaired) electrons. The van der Waals surface area contributed by atoms with Gasteiger partial charge in [0.25, 0.3) is 0 Å². The number of carbonyl (C=O) groups excluding carboxylic acids is 2. The number of anilines is 1. The molecule has 2 amide bonds. The van der Waals surface area contributed by atoms with Gasteiger partial charge in [-0.25, -0.2) is 4.79 Å². The first kappa shape index (κ1) is 19.2. The molecule has 1 atom stereocenters. The van der Waals surface area contributed by atoms with E-state index in [1.54, 1.807) is 24.3 Å². The van der Waals surface area contributed by atoms with Crippen LogP contribution >= 0.6 is 11.6 Å². The Balaban J connectivity index is 1.47. The molecule has 142 valence electrons. The second-order valence-corrected chi connectivity index (χ2v) is 7.22. The highest BCUT2D eigenvalue weighted by Gasteiger charge is 2.24. The normalized spacial score (nSPS) is 16.2. The first-order chi connectivity index (χ1) is 13.0. The van der Waals surface area contributed by atoms with Gasteiger partial charge in [-0.05, 0) is 55.2 Å². The molecule has 1 fully saturated rings. The largest absolute Gasteiger partial charge is 0.444 e. The molecule has 6 heteroatoms. The van der Waals surface area contributed by atoms with Gasteiger partial charge in [-0.1, -0.05) is 35.9 Å². The first-order valence-electron chi connectivity index (χ1n) is 9.08. The van der Waals surface area contributed by atoms with Gasteiger partial charge in [0.2, 0.25) is 5.91 Å². The van der Waals surface area contributed by atoms with E-state index in [-0.39, 0.29) is 12.5 Å². The molecule has 1 N–H and O–H groups in total. The van der Waals surface area contributed by atoms with E-state index in [2.05, 4.69) is 12.2 Å². The lowest BCUT2D eigenvalue weighted by Crippen LogP contribution is -2.34. The summed E-state index contributed by atoms with van der Waals surface area (Å²) in [6.07, 6.45) is 2.01. The van der Waals surface area contributed by atoms with Gasteiger partial charge in [0, 0.05) is 23.3 Å². The standard InChI is InChI=1S/C21H23ClN2O3/c1-15-3-2-12-24(15)20(25)13-16-6-10-19(11-7-16)23-21(26)27-14-17-4-8-18(22)9-5-17/h4-11,15H,2-3,12-14H2,1H3,(H,23,26). The van der Waals surface area contributed by atoms with Gasteiger partial charge < -0.3 is 9.64 Å². The van der Waals surface area contributed by atoms with Crippen molar-refractivity contribution in [2.45, 2.75) is 38.8 Å². The molecule has 1 aliphatic heterocycles. The fraction of sp³-hybridized carbons (Fsp3) is 0.333. The summed E-state index contributed by atoms with van der Waals surface area (Å²) >= 11 is 5.83. The van der Waals surface area contributed by atoms with E-state index < -0.39 is 6.09 Å². The molecule has 0 aliphatic carbocycles. The van der Waals surface area contributed by atoms with E-state index in [9.17, 15) is 9.59 Å². The lowest BCUT2D eigenvalue weighted by Gasteiger charge is -2.21. The number of hydrogen-bond acceptors (Lipinski definition) is 3. The van der Waals surface area contributed by atoms with Crippen LogP contribution in [0.5, 0.6) is 0 Å². The molecular formula is C21H23ClN2O3. The van der Waals surface area contributed by atoms with Crippen molar-refractivity contribution < 1.29 is 14.3 Å². The number of nitrogens with zero attached hydrogens (tertiary/aromatic N) is 1. The minimum atomic E-state index is -0.528. The quantitative estimate of drug-likeness (QED) is 0.814. The van der Waals surface area contributed by atoms with E-state index in [1.807, 2.05) is 29.2 Å². The van der Waals surface area contributed by atoms with Gasteiger partial charge in [0.1, 0.15) is 6.61 Å². The third kappa shape index (κ3) is 5.47. The van der Waals surface area contributed by atoms with Gasteiger partial charge in [-0.3, -0.25) is 10.1 Å². The number of nitrogens with one attached hydrogen (secondary N) is 1. The molecule has 2 aromatic rings. The average molecular weight is 387 g/mol. The number of hydrogen-bond donors (Lipinski definition) is 1. The monoisotopic (exact) mass is 386 g/mol. The molecule has 0 saturated carbocycles. The third-order valence-electron chi connectivity index (χ3n) is 4.71. The summed E-state index contributed by atoms with van der Waals surface area (Å²) < 4.78 is 5.19. The third-order valence-corrected chi connectivity index (χ3v) is 4.96. The molecule has 5 nitrogen and oxygen atoms in total. The predicted octanol–water partition coefficient (Wildman–Crippen LogP) is 4.64. The highest BCUT2D eigenvalue weighted by molar-refractivity contribution is 6.30. The number of halogens is 1. The van der Waals surface area contributed by atoms with Crippen molar-refractivity contribution in [2.24, 2.45) is 0 Å². The summed E-state index contributed by atoms with van der Waals surface area (Å²) in [6.45, 7) is 3.11. The molecule has 0 aromatic heterocycles. The Morgan fingerprint density at radius 2 is 1.78 bits per heavy atom. The van der Waals surface area contributed by atoms with Crippen molar-refractivity contribution in [1.82, 2.24) is 4.90 Å². The van der Waals surface area contributed by atoms with Crippen LogP contribution in [-0.2, 0) is 22.6 Å². The molecule has 0 bridgehead atoms. The molecule has 2 aromatic carbocycles. The SMILES string of the molecule is CC1CCCN1C(=O)Cc1ccc(NC(=O)OCc2ccc(Cl)cc2)cc1. The summed E-state index contributed by atoms with van der Waals surface area (Å²) in [4.78, 5) is 26.2. The van der Waals surface area contributed by atoms with Crippen LogP contribution in [0.4, 0.5) is 10.5 Å². The summed E-state index contributed by atoms with van der Waals surface area (Å²) in [5, 5.41) is 3.32. The predicted molar refractivity (Wildman–Crippen MR) is 106 cm³/mol. The summed E-state index contributed by atoms with van der Waals surface area (Å²) in [6, 6.07) is 14.7. The lowest BCUT2D eigenvalue weighted by atomic mass is 10.1. The van der Waals surface area contributed by atoms with Crippen molar-refractivity contribution in [3.05, 3.63) is 64.7 Å². The number of likely N-dealkylation sites (tertiary alicyclic amines) is 1. The first-order valence-corrected chi connectivity index (χ1v) is 9.46. The Labute approximate surface area is 164 Å². The van der Waals surface area contributed by atoms with Crippen molar-refractivity contribution in [3.8, 4) is 0 Å². The molecule has 0 spiro atoms. The van der Waals surface area contributed by atoms with E-state index in [0.717, 1.165) is 30.5 Å². The maximum atomic E-state index is 12.4. The van der Waals surface area contributed by atoms with Crippen LogP contribution < -0.4 is 5.32 Å². The molecule has 1 saturated heterocycles. The van der Waals surface area contributed by atoms with Crippen LogP contribution in [0.3, 0.4) is 0 Å². The molecule has 27 heavy (non-hydrogen) atoms. The molecule has 1 heterocycles. The second-order valence-electron chi connectivity index (χ2n) is 6.78. The van der Waals surface area contributed by atoms with Crippen molar-refractivity contribution in [2.75, 3.05) is 11.9 Å². The molecule has 1 unspecified atom stereocenters. The van der Waals surface area contributed by atoms with E-state index in [1.165, 1.54) is 0 Å². The number of amides is 2. The highest BCUT2D eigenvalue weighted by atomic mass is 35.5.